The van der Waals surface area contributed by atoms with Gasteiger partial charge in [0.2, 0.25) is 5.95 Å². The van der Waals surface area contributed by atoms with Crippen molar-refractivity contribution in [3.63, 3.8) is 0 Å². The van der Waals surface area contributed by atoms with Crippen LogP contribution in [-0.2, 0) is 4.74 Å². The van der Waals surface area contributed by atoms with Crippen LogP contribution in [0.2, 0.25) is 0 Å². The summed E-state index contributed by atoms with van der Waals surface area (Å²) in [6.07, 6.45) is 1.94. The van der Waals surface area contributed by atoms with Crippen molar-refractivity contribution in [3.8, 4) is 12.0 Å². The molecule has 0 amide bonds. The second-order valence-electron chi connectivity index (χ2n) is 4.90. The molecule has 0 unspecified atom stereocenters. The molecular formula is C12H21N5O3. The minimum atomic E-state index is -0.0358. The van der Waals surface area contributed by atoms with Gasteiger partial charge in [0.15, 0.2) is 0 Å². The largest absolute Gasteiger partial charge is 0.463 e. The first-order valence-corrected chi connectivity index (χ1v) is 6.77. The number of aromatic nitrogens is 3. The molecule has 2 heterocycles. The summed E-state index contributed by atoms with van der Waals surface area (Å²) in [6.45, 7) is 5.90. The van der Waals surface area contributed by atoms with E-state index >= 15 is 0 Å². The Balaban J connectivity index is 1.98. The minimum absolute atomic E-state index is 0.0358. The van der Waals surface area contributed by atoms with Crippen molar-refractivity contribution in [2.75, 3.05) is 25.2 Å². The van der Waals surface area contributed by atoms with Crippen LogP contribution in [0.3, 0.4) is 0 Å². The summed E-state index contributed by atoms with van der Waals surface area (Å²) >= 11 is 0. The highest BCUT2D eigenvalue weighted by atomic mass is 16.5. The maximum Gasteiger partial charge on any atom is 0.324 e. The van der Waals surface area contributed by atoms with Crippen molar-refractivity contribution in [2.45, 2.75) is 32.8 Å². The van der Waals surface area contributed by atoms with Crippen LogP contribution in [0.25, 0.3) is 0 Å². The van der Waals surface area contributed by atoms with Gasteiger partial charge in [-0.05, 0) is 32.6 Å². The van der Waals surface area contributed by atoms with Crippen molar-refractivity contribution < 1.29 is 14.2 Å². The van der Waals surface area contributed by atoms with Crippen molar-refractivity contribution >= 4 is 5.95 Å². The molecule has 0 aromatic carbocycles. The fourth-order valence-corrected chi connectivity index (χ4v) is 1.84. The zero-order chi connectivity index (χ0) is 14.4. The molecule has 1 saturated heterocycles. The number of nitrogens with zero attached hydrogens (tertiary/aromatic N) is 3. The second-order valence-corrected chi connectivity index (χ2v) is 4.90. The quantitative estimate of drug-likeness (QED) is 0.582. The molecule has 20 heavy (non-hydrogen) atoms. The van der Waals surface area contributed by atoms with E-state index in [1.54, 1.807) is 0 Å². The summed E-state index contributed by atoms with van der Waals surface area (Å²) < 4.78 is 16.4. The highest BCUT2D eigenvalue weighted by molar-refractivity contribution is 5.25. The van der Waals surface area contributed by atoms with Gasteiger partial charge in [0, 0.05) is 13.2 Å². The lowest BCUT2D eigenvalue weighted by Gasteiger charge is -2.21. The number of ether oxygens (including phenoxy) is 3. The van der Waals surface area contributed by atoms with Crippen molar-refractivity contribution in [2.24, 2.45) is 11.8 Å². The topological polar surface area (TPSA) is 104 Å². The Morgan fingerprint density at radius 2 is 1.95 bits per heavy atom. The Hall–Kier alpha value is -1.67. The molecule has 0 radical (unpaired) electrons. The lowest BCUT2D eigenvalue weighted by atomic mass is 10.0. The number of hydrogen-bond acceptors (Lipinski definition) is 8. The number of nitrogens with one attached hydrogen (secondary N) is 1. The molecule has 0 bridgehead atoms. The van der Waals surface area contributed by atoms with Crippen LogP contribution in [-0.4, -0.2) is 40.9 Å². The number of hydrazine groups is 1. The van der Waals surface area contributed by atoms with E-state index in [1.165, 1.54) is 0 Å². The predicted octanol–water partition coefficient (Wildman–Crippen LogP) is 0.750. The van der Waals surface area contributed by atoms with E-state index < -0.39 is 0 Å². The van der Waals surface area contributed by atoms with Gasteiger partial charge >= 0.3 is 12.0 Å². The molecule has 1 aliphatic heterocycles. The van der Waals surface area contributed by atoms with E-state index in [1.807, 2.05) is 13.8 Å². The van der Waals surface area contributed by atoms with Crippen LogP contribution < -0.4 is 20.7 Å². The van der Waals surface area contributed by atoms with Gasteiger partial charge in [0.05, 0.1) is 12.7 Å². The average Bonchev–Trinajstić information content (AvgIpc) is 2.45. The smallest absolute Gasteiger partial charge is 0.324 e. The monoisotopic (exact) mass is 283 g/mol. The van der Waals surface area contributed by atoms with Crippen LogP contribution in [0.5, 0.6) is 12.0 Å². The van der Waals surface area contributed by atoms with E-state index in [4.69, 9.17) is 20.1 Å². The Morgan fingerprint density at radius 3 is 2.60 bits per heavy atom. The number of anilines is 1. The van der Waals surface area contributed by atoms with E-state index in [0.717, 1.165) is 26.1 Å². The molecule has 0 atom stereocenters. The van der Waals surface area contributed by atoms with Gasteiger partial charge in [0.25, 0.3) is 0 Å². The van der Waals surface area contributed by atoms with Gasteiger partial charge in [-0.25, -0.2) is 5.84 Å². The fraction of sp³-hybridized carbons (Fsp3) is 0.750. The predicted molar refractivity (Wildman–Crippen MR) is 72.4 cm³/mol. The van der Waals surface area contributed by atoms with Crippen LogP contribution in [0.1, 0.15) is 26.7 Å². The highest BCUT2D eigenvalue weighted by Gasteiger charge is 2.16. The van der Waals surface area contributed by atoms with Crippen molar-refractivity contribution in [3.05, 3.63) is 0 Å². The summed E-state index contributed by atoms with van der Waals surface area (Å²) in [5.41, 5.74) is 2.38. The average molecular weight is 283 g/mol. The van der Waals surface area contributed by atoms with Gasteiger partial charge in [-0.15, -0.1) is 4.98 Å². The molecule has 3 N–H and O–H groups in total. The lowest BCUT2D eigenvalue weighted by Crippen LogP contribution is -2.22. The number of nitrogen functional groups attached to an aromatic ring is 1. The number of hydrogen-bond donors (Lipinski definition) is 2. The minimum Gasteiger partial charge on any atom is -0.463 e. The molecule has 1 aliphatic rings. The zero-order valence-electron chi connectivity index (χ0n) is 11.8. The van der Waals surface area contributed by atoms with Crippen molar-refractivity contribution in [1.82, 2.24) is 15.0 Å². The van der Waals surface area contributed by atoms with Crippen LogP contribution in [0, 0.1) is 5.92 Å². The molecular weight excluding hydrogens is 262 g/mol. The Morgan fingerprint density at radius 1 is 1.25 bits per heavy atom. The first-order valence-electron chi connectivity index (χ1n) is 6.77. The van der Waals surface area contributed by atoms with Gasteiger partial charge in [-0.1, -0.05) is 0 Å². The maximum absolute atomic E-state index is 5.62. The highest BCUT2D eigenvalue weighted by Crippen LogP contribution is 2.18. The van der Waals surface area contributed by atoms with Crippen LogP contribution >= 0.6 is 0 Å². The summed E-state index contributed by atoms with van der Waals surface area (Å²) in [7, 11) is 0. The summed E-state index contributed by atoms with van der Waals surface area (Å²) in [5, 5.41) is 0. The third-order valence-electron chi connectivity index (χ3n) is 2.85. The zero-order valence-corrected chi connectivity index (χ0v) is 11.8. The third kappa shape index (κ3) is 4.46. The standard InChI is InChI=1S/C12H21N5O3/c1-8(2)20-12-15-10(17-13)14-11(16-12)19-7-9-3-5-18-6-4-9/h8-9H,3-7,13H2,1-2H3,(H,14,15,16,17). The molecule has 112 valence electrons. The van der Waals surface area contributed by atoms with Gasteiger partial charge in [-0.2, -0.15) is 9.97 Å². The molecule has 2 rings (SSSR count). The molecule has 0 saturated carbocycles. The Kier molecular flexibility index (Phi) is 5.31. The van der Waals surface area contributed by atoms with Gasteiger partial charge < -0.3 is 14.2 Å². The Bertz CT molecular complexity index is 424. The summed E-state index contributed by atoms with van der Waals surface area (Å²) in [6, 6.07) is 0.417. The molecule has 1 aromatic rings. The first-order chi connectivity index (χ1) is 9.67. The van der Waals surface area contributed by atoms with Gasteiger partial charge in [0.1, 0.15) is 0 Å². The van der Waals surface area contributed by atoms with E-state index in [2.05, 4.69) is 20.4 Å². The SMILES string of the molecule is CC(C)Oc1nc(NN)nc(OCC2CCOCC2)n1. The maximum atomic E-state index is 5.62. The van der Waals surface area contributed by atoms with Gasteiger partial charge in [-0.3, -0.25) is 5.43 Å². The Labute approximate surface area is 118 Å². The lowest BCUT2D eigenvalue weighted by molar-refractivity contribution is 0.0479. The van der Waals surface area contributed by atoms with E-state index in [-0.39, 0.29) is 24.1 Å². The second kappa shape index (κ2) is 7.20. The first kappa shape index (κ1) is 14.7. The molecule has 0 aliphatic carbocycles. The van der Waals surface area contributed by atoms with Crippen molar-refractivity contribution in [1.29, 1.82) is 0 Å². The van der Waals surface area contributed by atoms with Crippen LogP contribution in [0.4, 0.5) is 5.95 Å². The molecule has 1 fully saturated rings. The van der Waals surface area contributed by atoms with E-state index in [0.29, 0.717) is 12.5 Å². The van der Waals surface area contributed by atoms with Crippen LogP contribution in [0.15, 0.2) is 0 Å². The third-order valence-corrected chi connectivity index (χ3v) is 2.85. The van der Waals surface area contributed by atoms with E-state index in [9.17, 15) is 0 Å². The number of rotatable bonds is 6. The fourth-order valence-electron chi connectivity index (χ4n) is 1.84. The summed E-state index contributed by atoms with van der Waals surface area (Å²) in [5.74, 6) is 6.01. The summed E-state index contributed by atoms with van der Waals surface area (Å²) in [4.78, 5) is 12.2. The molecule has 8 nitrogen and oxygen atoms in total. The normalized spacial score (nSPS) is 16.2. The molecule has 1 aromatic heterocycles. The molecule has 8 heteroatoms. The molecule has 0 spiro atoms. The number of nitrogens with two attached hydrogens (primary N) is 1.